The van der Waals surface area contributed by atoms with Crippen LogP contribution in [0.1, 0.15) is 24.4 Å². The molecule has 1 aromatic heterocycles. The van der Waals surface area contributed by atoms with E-state index in [0.717, 1.165) is 5.56 Å². The van der Waals surface area contributed by atoms with E-state index in [1.165, 1.54) is 12.1 Å². The zero-order valence-corrected chi connectivity index (χ0v) is 18.1. The summed E-state index contributed by atoms with van der Waals surface area (Å²) in [6.45, 7) is 2.38. The van der Waals surface area contributed by atoms with Crippen LogP contribution in [0.4, 0.5) is 4.39 Å². The Kier molecular flexibility index (Phi) is 6.61. The predicted octanol–water partition coefficient (Wildman–Crippen LogP) is 5.32. The van der Waals surface area contributed by atoms with Crippen molar-refractivity contribution in [1.82, 2.24) is 9.55 Å². The minimum Gasteiger partial charge on any atom is -0.457 e. The summed E-state index contributed by atoms with van der Waals surface area (Å²) in [6.07, 6.45) is 1.27. The van der Waals surface area contributed by atoms with Crippen LogP contribution in [0.2, 0.25) is 0 Å². The molecule has 0 aliphatic rings. The predicted molar refractivity (Wildman–Crippen MR) is 123 cm³/mol. The largest absolute Gasteiger partial charge is 0.457 e. The first-order valence-corrected chi connectivity index (χ1v) is 10.6. The second kappa shape index (κ2) is 9.75. The topological polar surface area (TPSA) is 53.3 Å². The third-order valence-electron chi connectivity index (χ3n) is 5.35. The van der Waals surface area contributed by atoms with Crippen LogP contribution in [0.15, 0.2) is 77.6 Å². The van der Waals surface area contributed by atoms with Gasteiger partial charge in [-0.1, -0.05) is 37.3 Å². The maximum atomic E-state index is 13.6. The van der Waals surface area contributed by atoms with Gasteiger partial charge in [-0.3, -0.25) is 9.36 Å². The van der Waals surface area contributed by atoms with Gasteiger partial charge >= 0.3 is 0 Å². The number of fused-ring (bicyclic) bond motifs is 1. The lowest BCUT2D eigenvalue weighted by Gasteiger charge is -2.23. The van der Waals surface area contributed by atoms with Crippen molar-refractivity contribution in [1.29, 1.82) is 0 Å². The van der Waals surface area contributed by atoms with Gasteiger partial charge < -0.3 is 9.47 Å². The molecule has 4 rings (SSSR count). The molecule has 0 aliphatic heterocycles. The Bertz CT molecular complexity index is 1250. The SMILES string of the molecule is CCc1nc2ccc(Oc3ccc(F)cc3)cc2c(=O)n1[C@@H](COC)Cc1ccccc1. The highest BCUT2D eigenvalue weighted by Crippen LogP contribution is 2.25. The summed E-state index contributed by atoms with van der Waals surface area (Å²) >= 11 is 0. The molecule has 0 spiro atoms. The smallest absolute Gasteiger partial charge is 0.261 e. The molecule has 0 radical (unpaired) electrons. The van der Waals surface area contributed by atoms with E-state index in [4.69, 9.17) is 14.5 Å². The van der Waals surface area contributed by atoms with Gasteiger partial charge in [0.1, 0.15) is 23.1 Å². The fourth-order valence-electron chi connectivity index (χ4n) is 3.86. The molecule has 4 aromatic rings. The van der Waals surface area contributed by atoms with Crippen molar-refractivity contribution in [2.24, 2.45) is 0 Å². The quantitative estimate of drug-likeness (QED) is 0.378. The first kappa shape index (κ1) is 21.7. The molecule has 1 atom stereocenters. The van der Waals surface area contributed by atoms with E-state index < -0.39 is 0 Å². The van der Waals surface area contributed by atoms with E-state index in [0.29, 0.717) is 47.7 Å². The third-order valence-corrected chi connectivity index (χ3v) is 5.35. The highest BCUT2D eigenvalue weighted by atomic mass is 19.1. The first-order chi connectivity index (χ1) is 15.6. The second-order valence-corrected chi connectivity index (χ2v) is 7.59. The third kappa shape index (κ3) is 4.70. The van der Waals surface area contributed by atoms with Crippen molar-refractivity contribution in [3.05, 3.63) is 100 Å². The second-order valence-electron chi connectivity index (χ2n) is 7.59. The number of methoxy groups -OCH3 is 1. The molecule has 0 bridgehead atoms. The fourth-order valence-corrected chi connectivity index (χ4v) is 3.86. The van der Waals surface area contributed by atoms with Crippen molar-refractivity contribution in [3.8, 4) is 11.5 Å². The number of hydrogen-bond donors (Lipinski definition) is 0. The minimum atomic E-state index is -0.336. The highest BCUT2D eigenvalue weighted by molar-refractivity contribution is 5.79. The van der Waals surface area contributed by atoms with Gasteiger partial charge in [0.25, 0.3) is 5.56 Å². The number of halogens is 1. The summed E-state index contributed by atoms with van der Waals surface area (Å²) in [4.78, 5) is 18.4. The molecule has 164 valence electrons. The van der Waals surface area contributed by atoms with E-state index in [2.05, 4.69) is 0 Å². The van der Waals surface area contributed by atoms with Crippen molar-refractivity contribution < 1.29 is 13.9 Å². The Balaban J connectivity index is 1.77. The fraction of sp³-hybridized carbons (Fsp3) is 0.231. The molecule has 6 heteroatoms. The summed E-state index contributed by atoms with van der Waals surface area (Å²) in [6, 6.07) is 20.8. The first-order valence-electron chi connectivity index (χ1n) is 10.6. The van der Waals surface area contributed by atoms with Gasteiger partial charge in [-0.2, -0.15) is 0 Å². The molecule has 0 saturated carbocycles. The van der Waals surface area contributed by atoms with Crippen LogP contribution in [0.3, 0.4) is 0 Å². The summed E-state index contributed by atoms with van der Waals surface area (Å²) in [7, 11) is 1.64. The minimum absolute atomic E-state index is 0.130. The molecule has 0 unspecified atom stereocenters. The molecule has 0 N–H and O–H groups in total. The number of rotatable bonds is 8. The van der Waals surface area contributed by atoms with Crippen molar-refractivity contribution in [2.45, 2.75) is 25.8 Å². The normalized spacial score (nSPS) is 12.1. The van der Waals surface area contributed by atoms with Crippen LogP contribution in [-0.2, 0) is 17.6 Å². The highest BCUT2D eigenvalue weighted by Gasteiger charge is 2.20. The Morgan fingerprint density at radius 3 is 2.41 bits per heavy atom. The maximum Gasteiger partial charge on any atom is 0.261 e. The Labute approximate surface area is 186 Å². The summed E-state index contributed by atoms with van der Waals surface area (Å²) in [5.41, 5.74) is 1.61. The lowest BCUT2D eigenvalue weighted by molar-refractivity contribution is 0.151. The van der Waals surface area contributed by atoms with E-state index >= 15 is 0 Å². The number of benzene rings is 3. The van der Waals surface area contributed by atoms with Crippen LogP contribution >= 0.6 is 0 Å². The van der Waals surface area contributed by atoms with Gasteiger partial charge in [0, 0.05) is 13.5 Å². The summed E-state index contributed by atoms with van der Waals surface area (Å²) in [5.74, 6) is 1.36. The molecule has 3 aromatic carbocycles. The molecule has 32 heavy (non-hydrogen) atoms. The number of hydrogen-bond acceptors (Lipinski definition) is 4. The molecule has 0 amide bonds. The maximum absolute atomic E-state index is 13.6. The van der Waals surface area contributed by atoms with Gasteiger partial charge in [-0.15, -0.1) is 0 Å². The van der Waals surface area contributed by atoms with Crippen molar-refractivity contribution in [3.63, 3.8) is 0 Å². The van der Waals surface area contributed by atoms with E-state index in [-0.39, 0.29) is 17.4 Å². The van der Waals surface area contributed by atoms with Crippen LogP contribution in [-0.4, -0.2) is 23.3 Å². The molecular weight excluding hydrogens is 407 g/mol. The number of aryl methyl sites for hydroxylation is 1. The zero-order chi connectivity index (χ0) is 22.5. The molecule has 5 nitrogen and oxygen atoms in total. The molecule has 0 saturated heterocycles. The standard InChI is InChI=1S/C26H25FN2O3/c1-3-25-28-24-14-13-22(32-21-11-9-19(27)10-12-21)16-23(24)26(30)29(25)20(17-31-2)15-18-7-5-4-6-8-18/h4-14,16,20H,3,15,17H2,1-2H3/t20-/m1/s1. The lowest BCUT2D eigenvalue weighted by atomic mass is 10.1. The van der Waals surface area contributed by atoms with Crippen molar-refractivity contribution >= 4 is 10.9 Å². The van der Waals surface area contributed by atoms with E-state index in [1.807, 2.05) is 37.3 Å². The number of nitrogens with zero attached hydrogens (tertiary/aromatic N) is 2. The van der Waals surface area contributed by atoms with E-state index in [1.54, 1.807) is 42.0 Å². The van der Waals surface area contributed by atoms with Crippen LogP contribution < -0.4 is 10.3 Å². The van der Waals surface area contributed by atoms with Gasteiger partial charge in [0.2, 0.25) is 0 Å². The summed E-state index contributed by atoms with van der Waals surface area (Å²) in [5, 5.41) is 0.468. The molecule has 1 heterocycles. The molecular formula is C26H25FN2O3. The zero-order valence-electron chi connectivity index (χ0n) is 18.1. The van der Waals surface area contributed by atoms with Gasteiger partial charge in [-0.25, -0.2) is 9.37 Å². The Morgan fingerprint density at radius 1 is 1.00 bits per heavy atom. The molecule has 0 fully saturated rings. The number of ether oxygens (including phenoxy) is 2. The van der Waals surface area contributed by atoms with Gasteiger partial charge in [-0.05, 0) is 54.4 Å². The van der Waals surface area contributed by atoms with Crippen LogP contribution in [0.25, 0.3) is 10.9 Å². The lowest BCUT2D eigenvalue weighted by Crippen LogP contribution is -2.32. The van der Waals surface area contributed by atoms with E-state index in [9.17, 15) is 9.18 Å². The summed E-state index contributed by atoms with van der Waals surface area (Å²) < 4.78 is 26.2. The van der Waals surface area contributed by atoms with Gasteiger partial charge in [0.05, 0.1) is 23.6 Å². The van der Waals surface area contributed by atoms with Crippen molar-refractivity contribution in [2.75, 3.05) is 13.7 Å². The average molecular weight is 432 g/mol. The Morgan fingerprint density at radius 2 is 1.72 bits per heavy atom. The Hall–Kier alpha value is -3.51. The molecule has 0 aliphatic carbocycles. The van der Waals surface area contributed by atoms with Crippen LogP contribution in [0, 0.1) is 5.82 Å². The number of aromatic nitrogens is 2. The monoisotopic (exact) mass is 432 g/mol. The van der Waals surface area contributed by atoms with Gasteiger partial charge in [0.15, 0.2) is 0 Å². The van der Waals surface area contributed by atoms with Crippen LogP contribution in [0.5, 0.6) is 11.5 Å². The average Bonchev–Trinajstić information content (AvgIpc) is 2.81.